The monoisotopic (exact) mass is 389 g/mol. The maximum Gasteiger partial charge on any atom is 0.269 e. The number of nitro groups is 1. The fraction of sp³-hybridized carbons (Fsp3) is 0.0909. The Balaban J connectivity index is 1.61. The van der Waals surface area contributed by atoms with Crippen LogP contribution in [0.1, 0.15) is 39.2 Å². The Kier molecular flexibility index (Phi) is 5.99. The molecule has 0 saturated carbocycles. The zero-order valence-corrected chi connectivity index (χ0v) is 15.7. The minimum absolute atomic E-state index is 0.0818. The molecule has 0 radical (unpaired) electrons. The van der Waals surface area contributed by atoms with Gasteiger partial charge in [0.25, 0.3) is 17.5 Å². The number of non-ortho nitro benzene ring substituents is 1. The highest BCUT2D eigenvalue weighted by atomic mass is 16.6. The molecule has 0 spiro atoms. The molecule has 7 heteroatoms. The lowest BCUT2D eigenvalue weighted by molar-refractivity contribution is -0.384. The van der Waals surface area contributed by atoms with Gasteiger partial charge in [0.15, 0.2) is 0 Å². The van der Waals surface area contributed by atoms with Gasteiger partial charge >= 0.3 is 0 Å². The van der Waals surface area contributed by atoms with E-state index >= 15 is 0 Å². The number of nitrogens with one attached hydrogen (secondary N) is 2. The van der Waals surface area contributed by atoms with Crippen molar-refractivity contribution in [3.05, 3.63) is 106 Å². The van der Waals surface area contributed by atoms with Crippen molar-refractivity contribution >= 4 is 23.2 Å². The maximum absolute atomic E-state index is 12.4. The van der Waals surface area contributed by atoms with E-state index in [0.29, 0.717) is 16.8 Å². The van der Waals surface area contributed by atoms with Crippen LogP contribution in [0.3, 0.4) is 0 Å². The number of hydrogen-bond acceptors (Lipinski definition) is 4. The first-order valence-electron chi connectivity index (χ1n) is 8.96. The van der Waals surface area contributed by atoms with Gasteiger partial charge < -0.3 is 10.6 Å². The number of carbonyl (C=O) groups is 2. The zero-order chi connectivity index (χ0) is 20.8. The summed E-state index contributed by atoms with van der Waals surface area (Å²) in [5.41, 5.74) is 2.21. The quantitative estimate of drug-likeness (QED) is 0.484. The van der Waals surface area contributed by atoms with Crippen LogP contribution in [-0.4, -0.2) is 16.7 Å². The highest BCUT2D eigenvalue weighted by Crippen LogP contribution is 2.16. The molecule has 0 bridgehead atoms. The molecule has 0 aliphatic carbocycles. The lowest BCUT2D eigenvalue weighted by Crippen LogP contribution is -2.26. The molecule has 0 aliphatic heterocycles. The Bertz CT molecular complexity index is 1020. The Labute approximate surface area is 167 Å². The van der Waals surface area contributed by atoms with Crippen LogP contribution in [0.2, 0.25) is 0 Å². The normalized spacial score (nSPS) is 11.3. The molecule has 0 aliphatic rings. The minimum Gasteiger partial charge on any atom is -0.346 e. The van der Waals surface area contributed by atoms with Gasteiger partial charge in [0.2, 0.25) is 0 Å². The Morgan fingerprint density at radius 1 is 0.828 bits per heavy atom. The third-order valence-electron chi connectivity index (χ3n) is 4.39. The second kappa shape index (κ2) is 8.79. The number of nitrogens with zero attached hydrogens (tertiary/aromatic N) is 1. The highest BCUT2D eigenvalue weighted by Gasteiger charge is 2.13. The zero-order valence-electron chi connectivity index (χ0n) is 15.7. The number of hydrogen-bond donors (Lipinski definition) is 2. The lowest BCUT2D eigenvalue weighted by Gasteiger charge is -2.14. The van der Waals surface area contributed by atoms with Crippen LogP contribution < -0.4 is 10.6 Å². The topological polar surface area (TPSA) is 101 Å². The Morgan fingerprint density at radius 3 is 1.97 bits per heavy atom. The molecule has 3 aromatic rings. The summed E-state index contributed by atoms with van der Waals surface area (Å²) in [6.45, 7) is 1.91. The van der Waals surface area contributed by atoms with Crippen LogP contribution in [0.15, 0.2) is 78.9 Å². The molecule has 2 N–H and O–H groups in total. The number of benzene rings is 3. The van der Waals surface area contributed by atoms with Gasteiger partial charge in [0.1, 0.15) is 0 Å². The average molecular weight is 389 g/mol. The van der Waals surface area contributed by atoms with Gasteiger partial charge in [-0.3, -0.25) is 19.7 Å². The predicted molar refractivity (Wildman–Crippen MR) is 110 cm³/mol. The van der Waals surface area contributed by atoms with Gasteiger partial charge in [-0.2, -0.15) is 0 Å². The summed E-state index contributed by atoms with van der Waals surface area (Å²) in [6.07, 6.45) is 0. The molecule has 0 aromatic heterocycles. The molecule has 29 heavy (non-hydrogen) atoms. The highest BCUT2D eigenvalue weighted by molar-refractivity contribution is 6.04. The van der Waals surface area contributed by atoms with Crippen LogP contribution in [0.4, 0.5) is 11.4 Å². The second-order valence-corrected chi connectivity index (χ2v) is 6.44. The Morgan fingerprint density at radius 2 is 1.38 bits per heavy atom. The fourth-order valence-corrected chi connectivity index (χ4v) is 2.75. The molecular formula is C22H19N3O4. The van der Waals surface area contributed by atoms with Crippen LogP contribution in [0.5, 0.6) is 0 Å². The van der Waals surface area contributed by atoms with Crippen molar-refractivity contribution in [2.24, 2.45) is 0 Å². The summed E-state index contributed by atoms with van der Waals surface area (Å²) in [4.78, 5) is 34.8. The van der Waals surface area contributed by atoms with Crippen molar-refractivity contribution in [3.63, 3.8) is 0 Å². The summed E-state index contributed by atoms with van der Waals surface area (Å²) in [6, 6.07) is 21.3. The first kappa shape index (κ1) is 19.8. The van der Waals surface area contributed by atoms with Crippen LogP contribution >= 0.6 is 0 Å². The van der Waals surface area contributed by atoms with E-state index in [4.69, 9.17) is 0 Å². The first-order valence-corrected chi connectivity index (χ1v) is 8.96. The van der Waals surface area contributed by atoms with Crippen molar-refractivity contribution in [3.8, 4) is 0 Å². The SMILES string of the molecule is C[C@H](NC(=O)c1ccc(NC(=O)c2ccc([N+](=O)[O-])cc2)cc1)c1ccccc1. The third kappa shape index (κ3) is 5.04. The van der Waals surface area contributed by atoms with E-state index in [9.17, 15) is 19.7 Å². The minimum atomic E-state index is -0.524. The van der Waals surface area contributed by atoms with Crippen LogP contribution in [-0.2, 0) is 0 Å². The summed E-state index contributed by atoms with van der Waals surface area (Å²) in [5, 5.41) is 16.3. The van der Waals surface area contributed by atoms with E-state index in [2.05, 4.69) is 10.6 Å². The van der Waals surface area contributed by atoms with Crippen molar-refractivity contribution in [2.75, 3.05) is 5.32 Å². The van der Waals surface area contributed by atoms with Gasteiger partial charge in [-0.1, -0.05) is 30.3 Å². The summed E-state index contributed by atoms with van der Waals surface area (Å²) >= 11 is 0. The summed E-state index contributed by atoms with van der Waals surface area (Å²) in [7, 11) is 0. The van der Waals surface area contributed by atoms with Gasteiger partial charge in [0.05, 0.1) is 11.0 Å². The molecule has 0 unspecified atom stereocenters. The second-order valence-electron chi connectivity index (χ2n) is 6.44. The number of nitro benzene ring substituents is 1. The number of carbonyl (C=O) groups excluding carboxylic acids is 2. The van der Waals surface area contributed by atoms with E-state index in [1.54, 1.807) is 24.3 Å². The predicted octanol–water partition coefficient (Wildman–Crippen LogP) is 4.34. The van der Waals surface area contributed by atoms with Crippen molar-refractivity contribution in [2.45, 2.75) is 13.0 Å². The number of anilines is 1. The van der Waals surface area contributed by atoms with Gasteiger partial charge in [-0.15, -0.1) is 0 Å². The molecule has 2 amide bonds. The van der Waals surface area contributed by atoms with E-state index in [0.717, 1.165) is 5.56 Å². The standard InChI is InChI=1S/C22H19N3O4/c1-15(16-5-3-2-4-6-16)23-21(26)17-7-11-19(12-8-17)24-22(27)18-9-13-20(14-10-18)25(28)29/h2-15H,1H3,(H,23,26)(H,24,27)/t15-/m0/s1. The van der Waals surface area contributed by atoms with Crippen LogP contribution in [0, 0.1) is 10.1 Å². The van der Waals surface area contributed by atoms with Gasteiger partial charge in [0, 0.05) is 28.9 Å². The molecule has 1 atom stereocenters. The molecular weight excluding hydrogens is 370 g/mol. The van der Waals surface area contributed by atoms with E-state index in [-0.39, 0.29) is 17.6 Å². The lowest BCUT2D eigenvalue weighted by atomic mass is 10.1. The molecule has 3 rings (SSSR count). The summed E-state index contributed by atoms with van der Waals surface area (Å²) < 4.78 is 0. The van der Waals surface area contributed by atoms with Crippen molar-refractivity contribution < 1.29 is 14.5 Å². The maximum atomic E-state index is 12.4. The Hall–Kier alpha value is -4.00. The summed E-state index contributed by atoms with van der Waals surface area (Å²) in [5.74, 6) is -0.607. The first-order chi connectivity index (χ1) is 13.9. The third-order valence-corrected chi connectivity index (χ3v) is 4.39. The van der Waals surface area contributed by atoms with E-state index in [1.807, 2.05) is 37.3 Å². The molecule has 0 saturated heterocycles. The van der Waals surface area contributed by atoms with Crippen molar-refractivity contribution in [1.29, 1.82) is 0 Å². The fourth-order valence-electron chi connectivity index (χ4n) is 2.75. The smallest absolute Gasteiger partial charge is 0.269 e. The largest absolute Gasteiger partial charge is 0.346 e. The number of rotatable bonds is 6. The molecule has 7 nitrogen and oxygen atoms in total. The van der Waals surface area contributed by atoms with Crippen molar-refractivity contribution in [1.82, 2.24) is 5.32 Å². The van der Waals surface area contributed by atoms with Gasteiger partial charge in [-0.25, -0.2) is 0 Å². The van der Waals surface area contributed by atoms with E-state index in [1.165, 1.54) is 24.3 Å². The van der Waals surface area contributed by atoms with Crippen LogP contribution in [0.25, 0.3) is 0 Å². The average Bonchev–Trinajstić information content (AvgIpc) is 2.74. The van der Waals surface area contributed by atoms with Gasteiger partial charge in [-0.05, 0) is 48.9 Å². The van der Waals surface area contributed by atoms with E-state index < -0.39 is 10.8 Å². The number of amides is 2. The molecule has 3 aromatic carbocycles. The molecule has 0 fully saturated rings. The molecule has 146 valence electrons. The molecule has 0 heterocycles.